The van der Waals surface area contributed by atoms with Crippen LogP contribution >= 0.6 is 11.6 Å². The van der Waals surface area contributed by atoms with E-state index < -0.39 is 5.56 Å². The Morgan fingerprint density at radius 2 is 1.94 bits per heavy atom. The predicted molar refractivity (Wildman–Crippen MR) is 68.4 cm³/mol. The van der Waals surface area contributed by atoms with Crippen LogP contribution in [0.3, 0.4) is 0 Å². The molecule has 0 heterocycles. The average Bonchev–Trinajstić information content (AvgIpc) is 2.27. The molecule has 0 aliphatic carbocycles. The van der Waals surface area contributed by atoms with Crippen LogP contribution < -0.4 is 5.59 Å². The van der Waals surface area contributed by atoms with E-state index in [1.54, 1.807) is 26.0 Å². The smallest absolute Gasteiger partial charge is 0.155 e. The van der Waals surface area contributed by atoms with E-state index in [4.69, 9.17) is 26.4 Å². The molecule has 2 unspecified atom stereocenters. The van der Waals surface area contributed by atoms with Gasteiger partial charge in [-0.15, -0.1) is 5.01 Å². The zero-order valence-corrected chi connectivity index (χ0v) is 12.5. The maximum Gasteiger partial charge on any atom is 0.155 e. The van der Waals surface area contributed by atoms with Crippen molar-refractivity contribution < 1.29 is 19.6 Å². The molecule has 0 radical (unpaired) electrons. The van der Waals surface area contributed by atoms with Crippen LogP contribution in [-0.4, -0.2) is 54.9 Å². The minimum absolute atomic E-state index is 0.0335. The van der Waals surface area contributed by atoms with Crippen LogP contribution in [0, 0.1) is 0 Å². The van der Waals surface area contributed by atoms with Gasteiger partial charge >= 0.3 is 0 Å². The summed E-state index contributed by atoms with van der Waals surface area (Å²) in [7, 11) is 5.01. The highest BCUT2D eigenvalue weighted by molar-refractivity contribution is 6.19. The molecule has 0 bridgehead atoms. The minimum atomic E-state index is -0.467. The Bertz CT molecular complexity index is 175. The van der Waals surface area contributed by atoms with Crippen molar-refractivity contribution in [2.45, 2.75) is 32.8 Å². The van der Waals surface area contributed by atoms with E-state index in [0.717, 1.165) is 0 Å². The lowest BCUT2D eigenvalue weighted by Crippen LogP contribution is -2.63. The largest absolute Gasteiger partial charge is 0.395 e. The van der Waals surface area contributed by atoms with E-state index in [1.807, 2.05) is 0 Å². The minimum Gasteiger partial charge on any atom is -0.395 e. The van der Waals surface area contributed by atoms with Crippen LogP contribution in [-0.2, 0) is 9.68 Å². The summed E-state index contributed by atoms with van der Waals surface area (Å²) < 4.78 is 0. The molecule has 0 aliphatic heterocycles. The van der Waals surface area contributed by atoms with E-state index in [2.05, 4.69) is 19.4 Å². The molecule has 0 aromatic carbocycles. The summed E-state index contributed by atoms with van der Waals surface area (Å²) in [5.41, 5.74) is 2.16. The number of hydrogen-bond donors (Lipinski definition) is 2. The van der Waals surface area contributed by atoms with Gasteiger partial charge in [0.25, 0.3) is 0 Å². The first-order valence-corrected chi connectivity index (χ1v) is 6.13. The fourth-order valence-corrected chi connectivity index (χ4v) is 0.792. The zero-order valence-electron chi connectivity index (χ0n) is 11.7. The third-order valence-electron chi connectivity index (χ3n) is 1.82. The zero-order chi connectivity index (χ0) is 13.9. The Labute approximate surface area is 109 Å². The Balaban J connectivity index is 0. The maximum absolute atomic E-state index is 8.77. The fraction of sp³-hybridized carbons (Fsp3) is 1.00. The van der Waals surface area contributed by atoms with Crippen LogP contribution in [0.25, 0.3) is 0 Å². The summed E-state index contributed by atoms with van der Waals surface area (Å²) in [5.74, 6) is 0. The molecular weight excluding hydrogens is 246 g/mol. The highest BCUT2D eigenvalue weighted by Gasteiger charge is 2.29. The third kappa shape index (κ3) is 9.72. The standard InChI is InChI=1S/C7H19ClN3O3.C3H8/c1-7(8)14-9-11(3,13-4)10(2)5-6-12;1-3-2/h7,9,12H,5-6H2,1-4H3;3H2,1-2H3/q+1;. The number of aliphatic hydroxyl groups is 1. The first-order chi connectivity index (χ1) is 7.87. The second-order valence-corrected chi connectivity index (χ2v) is 4.24. The van der Waals surface area contributed by atoms with Crippen molar-refractivity contribution in [1.29, 1.82) is 0 Å². The number of nitrogens with zero attached hydrogens (tertiary/aromatic N) is 2. The quantitative estimate of drug-likeness (QED) is 0.415. The summed E-state index contributed by atoms with van der Waals surface area (Å²) in [6.07, 6.45) is 1.25. The molecular formula is C10H27ClN3O3+. The van der Waals surface area contributed by atoms with Crippen molar-refractivity contribution in [3.8, 4) is 0 Å². The molecule has 0 aliphatic rings. The molecule has 0 amide bonds. The molecule has 0 rings (SSSR count). The number of halogens is 1. The maximum atomic E-state index is 8.77. The molecule has 0 aromatic heterocycles. The van der Waals surface area contributed by atoms with Gasteiger partial charge in [0.15, 0.2) is 5.56 Å². The van der Waals surface area contributed by atoms with Gasteiger partial charge in [-0.25, -0.2) is 4.84 Å². The molecule has 0 spiro atoms. The lowest BCUT2D eigenvalue weighted by atomic mass is 10.6. The monoisotopic (exact) mass is 272 g/mol. The first kappa shape index (κ1) is 19.4. The van der Waals surface area contributed by atoms with Crippen LogP contribution in [0.2, 0.25) is 0 Å². The topological polar surface area (TPSA) is 54.0 Å². The van der Waals surface area contributed by atoms with Gasteiger partial charge in [-0.2, -0.15) is 4.84 Å². The van der Waals surface area contributed by atoms with Gasteiger partial charge in [0, 0.05) is 12.6 Å². The fourth-order valence-electron chi connectivity index (χ4n) is 0.752. The molecule has 2 N–H and O–H groups in total. The molecule has 0 aromatic rings. The molecule has 0 fully saturated rings. The van der Waals surface area contributed by atoms with Crippen molar-refractivity contribution in [1.82, 2.24) is 10.6 Å². The van der Waals surface area contributed by atoms with Gasteiger partial charge in [-0.3, -0.25) is 0 Å². The molecule has 7 heteroatoms. The average molecular weight is 273 g/mol. The van der Waals surface area contributed by atoms with E-state index in [-0.39, 0.29) is 11.5 Å². The molecule has 17 heavy (non-hydrogen) atoms. The van der Waals surface area contributed by atoms with Crippen molar-refractivity contribution in [2.24, 2.45) is 0 Å². The Kier molecular flexibility index (Phi) is 12.7. The van der Waals surface area contributed by atoms with Crippen molar-refractivity contribution in [2.75, 3.05) is 34.4 Å². The summed E-state index contributed by atoms with van der Waals surface area (Å²) in [5, 5.41) is 10.5. The normalized spacial score (nSPS) is 16.1. The van der Waals surface area contributed by atoms with Gasteiger partial charge in [0.1, 0.15) is 14.2 Å². The molecule has 106 valence electrons. The highest BCUT2D eigenvalue weighted by Crippen LogP contribution is 2.04. The second kappa shape index (κ2) is 11.2. The van der Waals surface area contributed by atoms with Crippen molar-refractivity contribution in [3.63, 3.8) is 0 Å². The molecule has 0 saturated carbocycles. The summed E-state index contributed by atoms with van der Waals surface area (Å²) in [6, 6.07) is 0. The van der Waals surface area contributed by atoms with Crippen LogP contribution in [0.15, 0.2) is 0 Å². The lowest BCUT2D eigenvalue weighted by molar-refractivity contribution is -1.22. The third-order valence-corrected chi connectivity index (χ3v) is 1.90. The van der Waals surface area contributed by atoms with E-state index >= 15 is 0 Å². The van der Waals surface area contributed by atoms with Crippen LogP contribution in [0.1, 0.15) is 27.2 Å². The van der Waals surface area contributed by atoms with Gasteiger partial charge in [-0.05, 0) is 11.8 Å². The van der Waals surface area contributed by atoms with Crippen LogP contribution in [0.4, 0.5) is 0 Å². The highest BCUT2D eigenvalue weighted by atomic mass is 35.5. The first-order valence-electron chi connectivity index (χ1n) is 5.69. The Morgan fingerprint density at radius 3 is 2.24 bits per heavy atom. The SMILES string of the molecule is CCC.CO[N+](C)(NOC(C)Cl)N(C)CCO. The number of rotatable bonds is 7. The number of alkyl halides is 1. The number of hydrogen-bond acceptors (Lipinski definition) is 5. The van der Waals surface area contributed by atoms with E-state index in [9.17, 15) is 0 Å². The number of hydroxylamine groups is 1. The van der Waals surface area contributed by atoms with E-state index in [0.29, 0.717) is 6.54 Å². The summed E-state index contributed by atoms with van der Waals surface area (Å²) in [4.78, 5) is 10.0. The second-order valence-electron chi connectivity index (χ2n) is 3.63. The van der Waals surface area contributed by atoms with Gasteiger partial charge in [-0.1, -0.05) is 31.9 Å². The Morgan fingerprint density at radius 1 is 1.47 bits per heavy atom. The lowest BCUT2D eigenvalue weighted by Gasteiger charge is -2.34. The van der Waals surface area contributed by atoms with E-state index in [1.165, 1.54) is 13.5 Å². The van der Waals surface area contributed by atoms with Crippen LogP contribution in [0.5, 0.6) is 0 Å². The molecule has 6 nitrogen and oxygen atoms in total. The Hall–Kier alpha value is 0.0500. The summed E-state index contributed by atoms with van der Waals surface area (Å²) >= 11 is 5.60. The number of likely N-dealkylation sites (N-methyl/N-ethyl adjacent to an activating group) is 1. The van der Waals surface area contributed by atoms with Gasteiger partial charge in [0.2, 0.25) is 0 Å². The number of quaternary nitrogens is 1. The molecule has 2 atom stereocenters. The van der Waals surface area contributed by atoms with Gasteiger partial charge < -0.3 is 5.11 Å². The molecule has 0 saturated heterocycles. The number of aliphatic hydroxyl groups excluding tert-OH is 1. The summed E-state index contributed by atoms with van der Waals surface area (Å²) in [6.45, 7) is 6.41. The van der Waals surface area contributed by atoms with Gasteiger partial charge in [0.05, 0.1) is 13.2 Å². The van der Waals surface area contributed by atoms with Crippen molar-refractivity contribution >= 4 is 11.6 Å². The number of nitrogens with one attached hydrogen (secondary N) is 1. The predicted octanol–water partition coefficient (Wildman–Crippen LogP) is 1.27. The van der Waals surface area contributed by atoms with Crippen molar-refractivity contribution in [3.05, 3.63) is 0 Å².